The number of carbonyl (C=O) groups excluding carboxylic acids is 1. The molecule has 1 amide bonds. The Morgan fingerprint density at radius 1 is 1.33 bits per heavy atom. The molecule has 0 bridgehead atoms. The summed E-state index contributed by atoms with van der Waals surface area (Å²) in [5.74, 6) is 0.360. The van der Waals surface area contributed by atoms with Crippen molar-refractivity contribution in [2.45, 2.75) is 25.8 Å². The molecular formula is C18H20N4O2. The number of ether oxygens (including phenoxy) is 1. The number of hydrogen-bond acceptors (Lipinski definition) is 5. The van der Waals surface area contributed by atoms with Crippen molar-refractivity contribution in [3.8, 4) is 11.8 Å². The molecule has 1 aromatic heterocycles. The highest BCUT2D eigenvalue weighted by Crippen LogP contribution is 2.25. The third-order valence-electron chi connectivity index (χ3n) is 3.41. The number of nitrogens with one attached hydrogen (secondary N) is 1. The molecule has 0 unspecified atom stereocenters. The van der Waals surface area contributed by atoms with Gasteiger partial charge in [-0.1, -0.05) is 6.07 Å². The standard InChI is InChI=1S/C18H20N4O2/c1-18(2,22-17(23)13-7-10-21-11-8-13)12-24-16-5-3-4-15(20)14(16)6-9-19/h3-5,7-8,10-11H,6,12,20H2,1-2H3,(H,22,23). The van der Waals surface area contributed by atoms with Crippen molar-refractivity contribution in [3.05, 3.63) is 53.9 Å². The monoisotopic (exact) mass is 324 g/mol. The lowest BCUT2D eigenvalue weighted by molar-refractivity contribution is 0.0880. The van der Waals surface area contributed by atoms with Crippen molar-refractivity contribution in [3.63, 3.8) is 0 Å². The fourth-order valence-corrected chi connectivity index (χ4v) is 2.16. The minimum Gasteiger partial charge on any atom is -0.491 e. The summed E-state index contributed by atoms with van der Waals surface area (Å²) >= 11 is 0. The third kappa shape index (κ3) is 4.46. The third-order valence-corrected chi connectivity index (χ3v) is 3.41. The number of carbonyl (C=O) groups is 1. The molecule has 0 atom stereocenters. The summed E-state index contributed by atoms with van der Waals surface area (Å²) in [6.07, 6.45) is 3.31. The highest BCUT2D eigenvalue weighted by molar-refractivity contribution is 5.94. The Bertz CT molecular complexity index is 751. The minimum atomic E-state index is -0.602. The molecule has 2 aromatic rings. The summed E-state index contributed by atoms with van der Waals surface area (Å²) in [6.45, 7) is 3.97. The van der Waals surface area contributed by atoms with Crippen LogP contribution >= 0.6 is 0 Å². The number of amides is 1. The van der Waals surface area contributed by atoms with Gasteiger partial charge in [-0.15, -0.1) is 0 Å². The van der Waals surface area contributed by atoms with Gasteiger partial charge in [0, 0.05) is 29.2 Å². The van der Waals surface area contributed by atoms with Crippen LogP contribution < -0.4 is 15.8 Å². The summed E-state index contributed by atoms with van der Waals surface area (Å²) in [4.78, 5) is 16.1. The Kier molecular flexibility index (Phi) is 5.38. The van der Waals surface area contributed by atoms with Gasteiger partial charge in [0.2, 0.25) is 0 Å². The number of nitrogens with two attached hydrogens (primary N) is 1. The molecule has 1 aromatic carbocycles. The van der Waals surface area contributed by atoms with Gasteiger partial charge in [0.15, 0.2) is 0 Å². The van der Waals surface area contributed by atoms with E-state index in [2.05, 4.69) is 16.4 Å². The van der Waals surface area contributed by atoms with Gasteiger partial charge in [0.1, 0.15) is 12.4 Å². The first-order chi connectivity index (χ1) is 11.4. The van der Waals surface area contributed by atoms with Crippen LogP contribution in [0, 0.1) is 11.3 Å². The van der Waals surface area contributed by atoms with E-state index in [9.17, 15) is 4.79 Å². The van der Waals surface area contributed by atoms with Crippen molar-refractivity contribution in [2.24, 2.45) is 0 Å². The van der Waals surface area contributed by atoms with Crippen molar-refractivity contribution in [2.75, 3.05) is 12.3 Å². The Morgan fingerprint density at radius 3 is 2.71 bits per heavy atom. The molecule has 0 saturated heterocycles. The maximum atomic E-state index is 12.2. The molecular weight excluding hydrogens is 304 g/mol. The van der Waals surface area contributed by atoms with E-state index in [1.807, 2.05) is 13.8 Å². The van der Waals surface area contributed by atoms with Crippen LogP contribution in [0.5, 0.6) is 5.75 Å². The lowest BCUT2D eigenvalue weighted by Gasteiger charge is -2.27. The number of nitrogen functional groups attached to an aromatic ring is 1. The molecule has 0 aliphatic carbocycles. The molecule has 6 nitrogen and oxygen atoms in total. The number of nitriles is 1. The van der Waals surface area contributed by atoms with E-state index in [0.29, 0.717) is 22.6 Å². The van der Waals surface area contributed by atoms with Crippen LogP contribution in [-0.4, -0.2) is 23.0 Å². The molecule has 24 heavy (non-hydrogen) atoms. The van der Waals surface area contributed by atoms with Crippen LogP contribution in [0.3, 0.4) is 0 Å². The van der Waals surface area contributed by atoms with Gasteiger partial charge >= 0.3 is 0 Å². The van der Waals surface area contributed by atoms with Gasteiger partial charge in [0.25, 0.3) is 5.91 Å². The largest absolute Gasteiger partial charge is 0.491 e. The molecule has 0 fully saturated rings. The second-order valence-electron chi connectivity index (χ2n) is 6.02. The Hall–Kier alpha value is -3.07. The lowest BCUT2D eigenvalue weighted by atomic mass is 10.1. The van der Waals surface area contributed by atoms with Gasteiger partial charge in [-0.25, -0.2) is 0 Å². The highest BCUT2D eigenvalue weighted by atomic mass is 16.5. The Morgan fingerprint density at radius 2 is 2.04 bits per heavy atom. The van der Waals surface area contributed by atoms with Crippen LogP contribution in [0.2, 0.25) is 0 Å². The number of pyridine rings is 1. The molecule has 0 spiro atoms. The molecule has 6 heteroatoms. The number of nitrogens with zero attached hydrogens (tertiary/aromatic N) is 2. The van der Waals surface area contributed by atoms with Crippen LogP contribution in [0.25, 0.3) is 0 Å². The quantitative estimate of drug-likeness (QED) is 0.794. The van der Waals surface area contributed by atoms with Crippen molar-refractivity contribution >= 4 is 11.6 Å². The molecule has 3 N–H and O–H groups in total. The van der Waals surface area contributed by atoms with Crippen LogP contribution in [-0.2, 0) is 6.42 Å². The van der Waals surface area contributed by atoms with Gasteiger partial charge in [-0.05, 0) is 38.1 Å². The van der Waals surface area contributed by atoms with Gasteiger partial charge in [-0.3, -0.25) is 9.78 Å². The predicted octanol–water partition coefficient (Wildman–Crippen LogP) is 2.32. The van der Waals surface area contributed by atoms with E-state index >= 15 is 0 Å². The zero-order chi connectivity index (χ0) is 17.6. The number of hydrogen-bond donors (Lipinski definition) is 2. The summed E-state index contributed by atoms with van der Waals surface area (Å²) in [5, 5.41) is 11.8. The van der Waals surface area contributed by atoms with E-state index in [1.165, 1.54) is 0 Å². The van der Waals surface area contributed by atoms with Crippen molar-refractivity contribution in [1.82, 2.24) is 10.3 Å². The minimum absolute atomic E-state index is 0.172. The first kappa shape index (κ1) is 17.3. The van der Waals surface area contributed by atoms with Gasteiger partial charge < -0.3 is 15.8 Å². The highest BCUT2D eigenvalue weighted by Gasteiger charge is 2.23. The Labute approximate surface area is 141 Å². The SMILES string of the molecule is CC(C)(COc1cccc(N)c1CC#N)NC(=O)c1ccncc1. The zero-order valence-electron chi connectivity index (χ0n) is 13.7. The average Bonchev–Trinajstić information content (AvgIpc) is 2.56. The van der Waals surface area contributed by atoms with E-state index < -0.39 is 5.54 Å². The van der Waals surface area contributed by atoms with Gasteiger partial charge in [0.05, 0.1) is 18.0 Å². The second kappa shape index (κ2) is 7.47. The molecule has 0 radical (unpaired) electrons. The number of rotatable bonds is 6. The van der Waals surface area contributed by atoms with E-state index in [4.69, 9.17) is 15.7 Å². The molecule has 124 valence electrons. The van der Waals surface area contributed by atoms with E-state index in [1.54, 1.807) is 42.7 Å². The molecule has 0 saturated carbocycles. The maximum Gasteiger partial charge on any atom is 0.251 e. The average molecular weight is 324 g/mol. The van der Waals surface area contributed by atoms with Gasteiger partial charge in [-0.2, -0.15) is 5.26 Å². The summed E-state index contributed by atoms with van der Waals surface area (Å²) in [6, 6.07) is 10.6. The zero-order valence-corrected chi connectivity index (χ0v) is 13.7. The Balaban J connectivity index is 2.04. The fourth-order valence-electron chi connectivity index (χ4n) is 2.16. The van der Waals surface area contributed by atoms with Crippen LogP contribution in [0.15, 0.2) is 42.7 Å². The van der Waals surface area contributed by atoms with Crippen LogP contribution in [0.1, 0.15) is 29.8 Å². The second-order valence-corrected chi connectivity index (χ2v) is 6.02. The first-order valence-corrected chi connectivity index (χ1v) is 7.52. The molecule has 2 rings (SSSR count). The number of benzene rings is 1. The van der Waals surface area contributed by atoms with Crippen molar-refractivity contribution < 1.29 is 9.53 Å². The van der Waals surface area contributed by atoms with Crippen LogP contribution in [0.4, 0.5) is 5.69 Å². The van der Waals surface area contributed by atoms with E-state index in [0.717, 1.165) is 0 Å². The predicted molar refractivity (Wildman–Crippen MR) is 91.4 cm³/mol. The lowest BCUT2D eigenvalue weighted by Crippen LogP contribution is -2.47. The molecule has 0 aliphatic rings. The maximum absolute atomic E-state index is 12.2. The smallest absolute Gasteiger partial charge is 0.251 e. The summed E-state index contributed by atoms with van der Waals surface area (Å²) in [5.41, 5.74) is 7.01. The number of anilines is 1. The van der Waals surface area contributed by atoms with Crippen molar-refractivity contribution in [1.29, 1.82) is 5.26 Å². The first-order valence-electron chi connectivity index (χ1n) is 7.52. The summed E-state index contributed by atoms with van der Waals surface area (Å²) in [7, 11) is 0. The topological polar surface area (TPSA) is 101 Å². The van der Waals surface area contributed by atoms with E-state index in [-0.39, 0.29) is 18.9 Å². The molecule has 0 aliphatic heterocycles. The number of aromatic nitrogens is 1. The molecule has 1 heterocycles. The normalized spacial score (nSPS) is 10.7. The summed E-state index contributed by atoms with van der Waals surface area (Å²) < 4.78 is 5.81. The fraction of sp³-hybridized carbons (Fsp3) is 0.278.